The Balaban J connectivity index is 2.32. The molecule has 1 saturated heterocycles. The molecular weight excluding hydrogens is 280 g/mol. The third kappa shape index (κ3) is 6.15. The Labute approximate surface area is 133 Å². The molecule has 0 radical (unpaired) electrons. The van der Waals surface area contributed by atoms with Crippen molar-refractivity contribution in [1.29, 1.82) is 0 Å². The van der Waals surface area contributed by atoms with Crippen LogP contribution in [0.1, 0.15) is 27.2 Å². The number of nitrogens with one attached hydrogen (secondary N) is 2. The predicted octanol–water partition coefficient (Wildman–Crippen LogP) is 0.209. The highest BCUT2D eigenvalue weighted by Gasteiger charge is 2.26. The molecule has 2 atom stereocenters. The minimum atomic E-state index is -0.143. The molecule has 0 bridgehead atoms. The van der Waals surface area contributed by atoms with Crippen LogP contribution in [0.2, 0.25) is 0 Å². The summed E-state index contributed by atoms with van der Waals surface area (Å²) in [4.78, 5) is 28.1. The number of carbonyl (C=O) groups is 2. The SMILES string of the molecule is C=CCNC(=O)C(C)N1CCN(CC(=O)NC(C)CC)CC1. The van der Waals surface area contributed by atoms with Gasteiger partial charge in [0.05, 0.1) is 12.6 Å². The molecule has 1 aliphatic heterocycles. The molecule has 0 spiro atoms. The lowest BCUT2D eigenvalue weighted by atomic mass is 10.2. The van der Waals surface area contributed by atoms with E-state index < -0.39 is 0 Å². The molecule has 1 aliphatic rings. The second kappa shape index (κ2) is 9.58. The third-order valence-electron chi connectivity index (χ3n) is 4.14. The normalized spacial score (nSPS) is 19.2. The molecule has 2 N–H and O–H groups in total. The lowest BCUT2D eigenvalue weighted by Crippen LogP contribution is -2.55. The van der Waals surface area contributed by atoms with Crippen LogP contribution in [-0.4, -0.2) is 73.0 Å². The Kier molecular flexibility index (Phi) is 8.12. The van der Waals surface area contributed by atoms with Gasteiger partial charge >= 0.3 is 0 Å². The molecule has 0 aromatic heterocycles. The van der Waals surface area contributed by atoms with Crippen LogP contribution in [0.5, 0.6) is 0 Å². The van der Waals surface area contributed by atoms with Crippen molar-refractivity contribution in [2.24, 2.45) is 0 Å². The maximum Gasteiger partial charge on any atom is 0.237 e. The molecule has 0 aromatic carbocycles. The highest BCUT2D eigenvalue weighted by molar-refractivity contribution is 5.81. The Hall–Kier alpha value is -1.40. The molecule has 6 nitrogen and oxygen atoms in total. The number of nitrogens with zero attached hydrogens (tertiary/aromatic N) is 2. The molecule has 0 saturated carbocycles. The average Bonchev–Trinajstić information content (AvgIpc) is 2.52. The minimum absolute atomic E-state index is 0.0304. The number of amides is 2. The van der Waals surface area contributed by atoms with E-state index in [1.165, 1.54) is 0 Å². The first-order chi connectivity index (χ1) is 10.5. The Morgan fingerprint density at radius 2 is 1.86 bits per heavy atom. The van der Waals surface area contributed by atoms with Gasteiger partial charge in [-0.15, -0.1) is 6.58 Å². The average molecular weight is 310 g/mol. The van der Waals surface area contributed by atoms with Gasteiger partial charge in [-0.05, 0) is 20.3 Å². The number of carbonyl (C=O) groups excluding carboxylic acids is 2. The zero-order chi connectivity index (χ0) is 16.5. The van der Waals surface area contributed by atoms with Gasteiger partial charge in [0.15, 0.2) is 0 Å². The van der Waals surface area contributed by atoms with Crippen LogP contribution in [0.4, 0.5) is 0 Å². The fraction of sp³-hybridized carbons (Fsp3) is 0.750. The molecule has 1 heterocycles. The topological polar surface area (TPSA) is 64.7 Å². The van der Waals surface area contributed by atoms with Crippen molar-refractivity contribution in [3.63, 3.8) is 0 Å². The van der Waals surface area contributed by atoms with Gasteiger partial charge in [-0.3, -0.25) is 19.4 Å². The summed E-state index contributed by atoms with van der Waals surface area (Å²) >= 11 is 0. The van der Waals surface area contributed by atoms with Gasteiger partial charge in [-0.1, -0.05) is 13.0 Å². The molecule has 1 fully saturated rings. The fourth-order valence-corrected chi connectivity index (χ4v) is 2.42. The Morgan fingerprint density at radius 3 is 2.41 bits per heavy atom. The maximum atomic E-state index is 11.9. The van der Waals surface area contributed by atoms with Crippen LogP contribution < -0.4 is 10.6 Å². The first-order valence-electron chi connectivity index (χ1n) is 8.12. The molecule has 0 aliphatic carbocycles. The molecule has 2 amide bonds. The summed E-state index contributed by atoms with van der Waals surface area (Å²) < 4.78 is 0. The molecule has 126 valence electrons. The summed E-state index contributed by atoms with van der Waals surface area (Å²) in [5.41, 5.74) is 0. The van der Waals surface area contributed by atoms with Gasteiger partial charge in [0.25, 0.3) is 0 Å². The van der Waals surface area contributed by atoms with Crippen LogP contribution in [0.25, 0.3) is 0 Å². The van der Waals surface area contributed by atoms with Gasteiger partial charge < -0.3 is 10.6 Å². The summed E-state index contributed by atoms with van der Waals surface area (Å²) in [6, 6.07) is 0.0819. The Bertz CT molecular complexity index is 378. The van der Waals surface area contributed by atoms with E-state index in [0.717, 1.165) is 32.6 Å². The number of hydrogen-bond donors (Lipinski definition) is 2. The first kappa shape index (κ1) is 18.6. The lowest BCUT2D eigenvalue weighted by molar-refractivity contribution is -0.127. The van der Waals surface area contributed by atoms with Gasteiger partial charge in [0.1, 0.15) is 0 Å². The highest BCUT2D eigenvalue weighted by atomic mass is 16.2. The predicted molar refractivity (Wildman–Crippen MR) is 88.6 cm³/mol. The van der Waals surface area contributed by atoms with E-state index in [1.54, 1.807) is 6.08 Å². The van der Waals surface area contributed by atoms with Crippen molar-refractivity contribution in [3.05, 3.63) is 12.7 Å². The number of rotatable bonds is 8. The van der Waals surface area contributed by atoms with Crippen LogP contribution in [0, 0.1) is 0 Å². The van der Waals surface area contributed by atoms with E-state index in [4.69, 9.17) is 0 Å². The van der Waals surface area contributed by atoms with E-state index in [-0.39, 0.29) is 23.9 Å². The van der Waals surface area contributed by atoms with Crippen LogP contribution in [0.15, 0.2) is 12.7 Å². The van der Waals surface area contributed by atoms with E-state index in [1.807, 2.05) is 13.8 Å². The van der Waals surface area contributed by atoms with Crippen LogP contribution >= 0.6 is 0 Å². The quantitative estimate of drug-likeness (QED) is 0.629. The van der Waals surface area contributed by atoms with E-state index in [0.29, 0.717) is 13.1 Å². The van der Waals surface area contributed by atoms with Crippen molar-refractivity contribution >= 4 is 11.8 Å². The van der Waals surface area contributed by atoms with Crippen molar-refractivity contribution in [2.75, 3.05) is 39.3 Å². The zero-order valence-electron chi connectivity index (χ0n) is 14.1. The van der Waals surface area contributed by atoms with Gasteiger partial charge in [-0.2, -0.15) is 0 Å². The largest absolute Gasteiger partial charge is 0.353 e. The molecule has 2 unspecified atom stereocenters. The smallest absolute Gasteiger partial charge is 0.237 e. The van der Waals surface area contributed by atoms with Crippen LogP contribution in [-0.2, 0) is 9.59 Å². The highest BCUT2D eigenvalue weighted by Crippen LogP contribution is 2.06. The maximum absolute atomic E-state index is 11.9. The Morgan fingerprint density at radius 1 is 1.23 bits per heavy atom. The number of piperazine rings is 1. The van der Waals surface area contributed by atoms with E-state index >= 15 is 0 Å². The second-order valence-corrected chi connectivity index (χ2v) is 5.90. The minimum Gasteiger partial charge on any atom is -0.353 e. The van der Waals surface area contributed by atoms with Crippen molar-refractivity contribution in [3.8, 4) is 0 Å². The third-order valence-corrected chi connectivity index (χ3v) is 4.14. The van der Waals surface area contributed by atoms with E-state index in [9.17, 15) is 9.59 Å². The number of hydrogen-bond acceptors (Lipinski definition) is 4. The van der Waals surface area contributed by atoms with Gasteiger partial charge in [0.2, 0.25) is 11.8 Å². The molecule has 6 heteroatoms. The summed E-state index contributed by atoms with van der Waals surface area (Å²) in [6.07, 6.45) is 2.62. The fourth-order valence-electron chi connectivity index (χ4n) is 2.42. The second-order valence-electron chi connectivity index (χ2n) is 5.90. The van der Waals surface area contributed by atoms with Gasteiger partial charge in [0, 0.05) is 38.8 Å². The lowest BCUT2D eigenvalue weighted by Gasteiger charge is -2.37. The van der Waals surface area contributed by atoms with Crippen molar-refractivity contribution in [1.82, 2.24) is 20.4 Å². The monoisotopic (exact) mass is 310 g/mol. The van der Waals surface area contributed by atoms with Gasteiger partial charge in [-0.25, -0.2) is 0 Å². The molecule has 0 aromatic rings. The molecular formula is C16H30N4O2. The first-order valence-corrected chi connectivity index (χ1v) is 8.12. The molecule has 1 rings (SSSR count). The summed E-state index contributed by atoms with van der Waals surface area (Å²) in [5, 5.41) is 5.81. The summed E-state index contributed by atoms with van der Waals surface area (Å²) in [6.45, 7) is 13.8. The van der Waals surface area contributed by atoms with Crippen LogP contribution in [0.3, 0.4) is 0 Å². The van der Waals surface area contributed by atoms with E-state index in [2.05, 4.69) is 33.9 Å². The van der Waals surface area contributed by atoms with Crippen molar-refractivity contribution < 1.29 is 9.59 Å². The standard InChI is InChI=1S/C16H30N4O2/c1-5-7-17-16(22)14(4)20-10-8-19(9-11-20)12-15(21)18-13(3)6-2/h5,13-14H,1,6-12H2,2-4H3,(H,17,22)(H,18,21). The summed E-state index contributed by atoms with van der Waals surface area (Å²) in [7, 11) is 0. The zero-order valence-corrected chi connectivity index (χ0v) is 14.1. The van der Waals surface area contributed by atoms with Crippen molar-refractivity contribution in [2.45, 2.75) is 39.3 Å². The molecule has 22 heavy (non-hydrogen) atoms. The summed E-state index contributed by atoms with van der Waals surface area (Å²) in [5.74, 6) is 0.113.